The number of rotatable bonds is 0. The normalized spacial score (nSPS) is 12.2. The fourth-order valence-corrected chi connectivity index (χ4v) is 1.47. The van der Waals surface area contributed by atoms with Gasteiger partial charge in [-0.1, -0.05) is 25.9 Å². The molecule has 14 heavy (non-hydrogen) atoms. The number of fused-ring (bicyclic) bond motifs is 1. The smallest absolute Gasteiger partial charge is 0.150 e. The summed E-state index contributed by atoms with van der Waals surface area (Å²) in [6, 6.07) is 5.05. The Hall–Kier alpha value is -1.51. The minimum absolute atomic E-state index is 0.0947. The van der Waals surface area contributed by atoms with Crippen LogP contribution in [-0.2, 0) is 5.41 Å². The first-order valence-electron chi connectivity index (χ1n) is 4.57. The molecule has 2 rings (SSSR count). The summed E-state index contributed by atoms with van der Waals surface area (Å²) in [6.45, 7) is 6.16. The van der Waals surface area contributed by atoms with E-state index in [2.05, 4.69) is 25.9 Å². The summed E-state index contributed by atoms with van der Waals surface area (Å²) in [5, 5.41) is 14.2. The molecule has 0 radical (unpaired) electrons. The minimum atomic E-state index is -0.0947. The summed E-state index contributed by atoms with van der Waals surface area (Å²) >= 11 is 0. The van der Waals surface area contributed by atoms with Gasteiger partial charge in [-0.2, -0.15) is 0 Å². The highest BCUT2D eigenvalue weighted by Crippen LogP contribution is 2.31. The van der Waals surface area contributed by atoms with E-state index in [1.807, 2.05) is 0 Å². The van der Waals surface area contributed by atoms with Gasteiger partial charge in [0.2, 0.25) is 0 Å². The van der Waals surface area contributed by atoms with Crippen LogP contribution in [-0.4, -0.2) is 10.3 Å². The molecule has 0 spiro atoms. The van der Waals surface area contributed by atoms with E-state index < -0.39 is 0 Å². The molecule has 0 bridgehead atoms. The highest BCUT2D eigenvalue weighted by molar-refractivity contribution is 5.82. The van der Waals surface area contributed by atoms with E-state index in [1.54, 1.807) is 18.2 Å². The zero-order valence-corrected chi connectivity index (χ0v) is 8.53. The molecule has 0 aliphatic carbocycles. The van der Waals surface area contributed by atoms with Crippen molar-refractivity contribution in [3.63, 3.8) is 0 Å². The van der Waals surface area contributed by atoms with Gasteiger partial charge in [0.1, 0.15) is 17.0 Å². The van der Waals surface area contributed by atoms with Crippen molar-refractivity contribution < 1.29 is 9.63 Å². The van der Waals surface area contributed by atoms with Crippen LogP contribution in [0.1, 0.15) is 26.5 Å². The maximum atomic E-state index is 9.37. The van der Waals surface area contributed by atoms with Crippen LogP contribution in [0.5, 0.6) is 5.75 Å². The second-order valence-electron chi connectivity index (χ2n) is 4.46. The SMILES string of the molecule is CC(C)(C)c1onc2ccc(O)cc12. The van der Waals surface area contributed by atoms with Crippen LogP contribution in [0, 0.1) is 0 Å². The third-order valence-corrected chi connectivity index (χ3v) is 2.14. The zero-order chi connectivity index (χ0) is 10.3. The Morgan fingerprint density at radius 3 is 2.64 bits per heavy atom. The van der Waals surface area contributed by atoms with Crippen LogP contribution < -0.4 is 0 Å². The summed E-state index contributed by atoms with van der Waals surface area (Å²) in [4.78, 5) is 0. The number of hydrogen-bond acceptors (Lipinski definition) is 3. The average Bonchev–Trinajstić information content (AvgIpc) is 2.45. The molecule has 0 atom stereocenters. The van der Waals surface area contributed by atoms with Crippen LogP contribution in [0.15, 0.2) is 22.7 Å². The van der Waals surface area contributed by atoms with Gasteiger partial charge in [-0.15, -0.1) is 0 Å². The van der Waals surface area contributed by atoms with Crippen molar-refractivity contribution >= 4 is 10.9 Å². The largest absolute Gasteiger partial charge is 0.508 e. The lowest BCUT2D eigenvalue weighted by Gasteiger charge is -2.13. The van der Waals surface area contributed by atoms with E-state index in [9.17, 15) is 5.11 Å². The molecule has 3 heteroatoms. The number of phenolic OH excluding ortho intramolecular Hbond substituents is 1. The molecule has 0 saturated heterocycles. The van der Waals surface area contributed by atoms with E-state index in [-0.39, 0.29) is 11.2 Å². The second-order valence-corrected chi connectivity index (χ2v) is 4.46. The Morgan fingerprint density at radius 2 is 2.00 bits per heavy atom. The Balaban J connectivity index is 2.73. The standard InChI is InChI=1S/C11H13NO2/c1-11(2,3)10-8-6-7(13)4-5-9(8)12-14-10/h4-6,13H,1-3H3. The van der Waals surface area contributed by atoms with Crippen LogP contribution in [0.2, 0.25) is 0 Å². The lowest BCUT2D eigenvalue weighted by atomic mass is 9.91. The van der Waals surface area contributed by atoms with E-state index in [1.165, 1.54) is 0 Å². The van der Waals surface area contributed by atoms with Crippen molar-refractivity contribution in [1.29, 1.82) is 0 Å². The van der Waals surface area contributed by atoms with E-state index in [0.717, 1.165) is 16.7 Å². The van der Waals surface area contributed by atoms with Crippen LogP contribution in [0.25, 0.3) is 10.9 Å². The fraction of sp³-hybridized carbons (Fsp3) is 0.364. The molecular formula is C11H13NO2. The number of aromatic nitrogens is 1. The lowest BCUT2D eigenvalue weighted by Crippen LogP contribution is -2.09. The fourth-order valence-electron chi connectivity index (χ4n) is 1.47. The van der Waals surface area contributed by atoms with E-state index in [4.69, 9.17) is 4.52 Å². The zero-order valence-electron chi connectivity index (χ0n) is 8.53. The third kappa shape index (κ3) is 1.35. The van der Waals surface area contributed by atoms with Crippen LogP contribution in [0.4, 0.5) is 0 Å². The summed E-state index contributed by atoms with van der Waals surface area (Å²) in [6.07, 6.45) is 0. The first kappa shape index (κ1) is 9.06. The van der Waals surface area contributed by atoms with Crippen molar-refractivity contribution in [3.05, 3.63) is 24.0 Å². The Bertz CT molecular complexity index is 466. The molecule has 0 aliphatic heterocycles. The predicted molar refractivity (Wildman–Crippen MR) is 54.4 cm³/mol. The molecule has 0 aliphatic rings. The number of nitrogens with zero attached hydrogens (tertiary/aromatic N) is 1. The van der Waals surface area contributed by atoms with Gasteiger partial charge in [-0.3, -0.25) is 0 Å². The summed E-state index contributed by atoms with van der Waals surface area (Å²) in [5.74, 6) is 1.05. The average molecular weight is 191 g/mol. The third-order valence-electron chi connectivity index (χ3n) is 2.14. The number of hydrogen-bond donors (Lipinski definition) is 1. The van der Waals surface area contributed by atoms with Gasteiger partial charge in [0, 0.05) is 10.8 Å². The van der Waals surface area contributed by atoms with Crippen molar-refractivity contribution in [3.8, 4) is 5.75 Å². The highest BCUT2D eigenvalue weighted by Gasteiger charge is 2.22. The second kappa shape index (κ2) is 2.74. The Morgan fingerprint density at radius 1 is 1.29 bits per heavy atom. The van der Waals surface area contributed by atoms with Crippen LogP contribution >= 0.6 is 0 Å². The maximum absolute atomic E-state index is 9.37. The topological polar surface area (TPSA) is 46.3 Å². The molecule has 1 heterocycles. The molecular weight excluding hydrogens is 178 g/mol. The Labute approximate surface area is 82.3 Å². The lowest BCUT2D eigenvalue weighted by molar-refractivity contribution is 0.336. The van der Waals surface area contributed by atoms with Crippen molar-refractivity contribution in [2.45, 2.75) is 26.2 Å². The summed E-state index contributed by atoms with van der Waals surface area (Å²) in [7, 11) is 0. The molecule has 1 aromatic heterocycles. The van der Waals surface area contributed by atoms with Gasteiger partial charge >= 0.3 is 0 Å². The van der Waals surface area contributed by atoms with Gasteiger partial charge < -0.3 is 9.63 Å². The molecule has 2 aromatic rings. The predicted octanol–water partition coefficient (Wildman–Crippen LogP) is 2.83. The van der Waals surface area contributed by atoms with Crippen LogP contribution in [0.3, 0.4) is 0 Å². The van der Waals surface area contributed by atoms with E-state index in [0.29, 0.717) is 0 Å². The molecule has 3 nitrogen and oxygen atoms in total. The monoisotopic (exact) mass is 191 g/mol. The maximum Gasteiger partial charge on any atom is 0.150 e. The first-order chi connectivity index (χ1) is 6.48. The number of aromatic hydroxyl groups is 1. The molecule has 1 aromatic carbocycles. The van der Waals surface area contributed by atoms with Crippen molar-refractivity contribution in [2.24, 2.45) is 0 Å². The first-order valence-corrected chi connectivity index (χ1v) is 4.57. The molecule has 0 unspecified atom stereocenters. The van der Waals surface area contributed by atoms with E-state index >= 15 is 0 Å². The van der Waals surface area contributed by atoms with Gasteiger partial charge in [-0.25, -0.2) is 0 Å². The number of phenols is 1. The Kier molecular flexibility index (Phi) is 1.77. The summed E-state index contributed by atoms with van der Waals surface area (Å²) in [5.41, 5.74) is 0.690. The molecule has 0 amide bonds. The molecule has 74 valence electrons. The molecule has 0 saturated carbocycles. The van der Waals surface area contributed by atoms with Gasteiger partial charge in [0.25, 0.3) is 0 Å². The van der Waals surface area contributed by atoms with Crippen molar-refractivity contribution in [2.75, 3.05) is 0 Å². The quantitative estimate of drug-likeness (QED) is 0.696. The van der Waals surface area contributed by atoms with Gasteiger partial charge in [0.15, 0.2) is 0 Å². The number of benzene rings is 1. The molecule has 0 fully saturated rings. The van der Waals surface area contributed by atoms with Gasteiger partial charge in [0.05, 0.1) is 0 Å². The van der Waals surface area contributed by atoms with Crippen molar-refractivity contribution in [1.82, 2.24) is 5.16 Å². The highest BCUT2D eigenvalue weighted by atomic mass is 16.5. The summed E-state index contributed by atoms with van der Waals surface area (Å²) < 4.78 is 5.27. The molecule has 1 N–H and O–H groups in total. The van der Waals surface area contributed by atoms with Gasteiger partial charge in [-0.05, 0) is 18.2 Å². The minimum Gasteiger partial charge on any atom is -0.508 e.